The lowest BCUT2D eigenvalue weighted by Gasteiger charge is -2.03. The summed E-state index contributed by atoms with van der Waals surface area (Å²) in [6, 6.07) is 5.81. The van der Waals surface area contributed by atoms with Crippen LogP contribution in [0.4, 0.5) is 0 Å². The van der Waals surface area contributed by atoms with Gasteiger partial charge in [0, 0.05) is 6.42 Å². The molecule has 0 unspecified atom stereocenters. The van der Waals surface area contributed by atoms with Crippen molar-refractivity contribution in [2.24, 2.45) is 0 Å². The van der Waals surface area contributed by atoms with Gasteiger partial charge in [-0.05, 0) is 29.9 Å². The lowest BCUT2D eigenvalue weighted by molar-refractivity contribution is -0.142. The van der Waals surface area contributed by atoms with Gasteiger partial charge in [-0.25, -0.2) is 0 Å². The van der Waals surface area contributed by atoms with Crippen LogP contribution in [0.5, 0.6) is 0 Å². The Labute approximate surface area is 113 Å². The minimum atomic E-state index is -0.846. The first-order valence-corrected chi connectivity index (χ1v) is 6.46. The molecule has 0 spiro atoms. The third-order valence-corrected chi connectivity index (χ3v) is 2.99. The van der Waals surface area contributed by atoms with E-state index in [2.05, 4.69) is 0 Å². The molecule has 5 heteroatoms. The number of esters is 1. The predicted octanol–water partition coefficient (Wildman–Crippen LogP) is 1.26. The van der Waals surface area contributed by atoms with Gasteiger partial charge in [0.1, 0.15) is 0 Å². The molecule has 1 aliphatic rings. The minimum absolute atomic E-state index is 0.186. The van der Waals surface area contributed by atoms with Crippen molar-refractivity contribution in [3.8, 4) is 0 Å². The number of carbonyl (C=O) groups is 1. The number of hydrogen-bond acceptors (Lipinski definition) is 4. The van der Waals surface area contributed by atoms with E-state index < -0.39 is 7.12 Å². The summed E-state index contributed by atoms with van der Waals surface area (Å²) >= 11 is 0. The molecule has 100 valence electrons. The first-order valence-electron chi connectivity index (χ1n) is 6.46. The van der Waals surface area contributed by atoms with Crippen molar-refractivity contribution in [1.29, 1.82) is 0 Å². The molecule has 1 aliphatic heterocycles. The monoisotopic (exact) mass is 260 g/mol. The number of allylic oxidation sites excluding steroid dienone is 1. The van der Waals surface area contributed by atoms with E-state index in [1.807, 2.05) is 30.4 Å². The summed E-state index contributed by atoms with van der Waals surface area (Å²) in [6.07, 6.45) is 4.82. The van der Waals surface area contributed by atoms with Gasteiger partial charge in [0.15, 0.2) is 0 Å². The number of fused-ring (bicyclic) bond motifs is 1. The fraction of sp³-hybridized carbons (Fsp3) is 0.357. The maximum atomic E-state index is 11.2. The van der Waals surface area contributed by atoms with Crippen molar-refractivity contribution in [2.45, 2.75) is 26.4 Å². The van der Waals surface area contributed by atoms with Gasteiger partial charge in [-0.15, -0.1) is 0 Å². The summed E-state index contributed by atoms with van der Waals surface area (Å²) in [5.41, 5.74) is 2.78. The number of hydrogen-bond donors (Lipinski definition) is 1. The highest BCUT2D eigenvalue weighted by atomic mass is 16.5. The Bertz CT molecular complexity index is 484. The van der Waals surface area contributed by atoms with E-state index in [1.54, 1.807) is 6.92 Å². The second-order valence-electron chi connectivity index (χ2n) is 4.33. The Morgan fingerprint density at radius 1 is 1.58 bits per heavy atom. The fourth-order valence-corrected chi connectivity index (χ4v) is 2.10. The van der Waals surface area contributed by atoms with E-state index in [9.17, 15) is 9.82 Å². The molecule has 1 aromatic rings. The quantitative estimate of drug-likeness (QED) is 0.639. The van der Waals surface area contributed by atoms with Crippen LogP contribution in [-0.2, 0) is 20.8 Å². The summed E-state index contributed by atoms with van der Waals surface area (Å²) in [4.78, 5) is 11.2. The summed E-state index contributed by atoms with van der Waals surface area (Å²) in [5.74, 6) is -0.186. The highest BCUT2D eigenvalue weighted by molar-refractivity contribution is 6.62. The van der Waals surface area contributed by atoms with Crippen molar-refractivity contribution < 1.29 is 19.2 Å². The Kier molecular flexibility index (Phi) is 4.77. The van der Waals surface area contributed by atoms with Gasteiger partial charge >= 0.3 is 13.1 Å². The van der Waals surface area contributed by atoms with Gasteiger partial charge in [0.25, 0.3) is 0 Å². The molecule has 0 aliphatic carbocycles. The second kappa shape index (κ2) is 6.54. The summed E-state index contributed by atoms with van der Waals surface area (Å²) < 4.78 is 10.0. The van der Waals surface area contributed by atoms with Crippen molar-refractivity contribution in [1.82, 2.24) is 0 Å². The zero-order valence-corrected chi connectivity index (χ0v) is 11.0. The van der Waals surface area contributed by atoms with Gasteiger partial charge in [0.2, 0.25) is 0 Å². The van der Waals surface area contributed by atoms with E-state index >= 15 is 0 Å². The van der Waals surface area contributed by atoms with Crippen LogP contribution in [0, 0.1) is 0 Å². The topological polar surface area (TPSA) is 55.8 Å². The van der Waals surface area contributed by atoms with Gasteiger partial charge in [-0.2, -0.15) is 0 Å². The summed E-state index contributed by atoms with van der Waals surface area (Å²) in [6.45, 7) is 2.65. The molecule has 0 radical (unpaired) electrons. The summed E-state index contributed by atoms with van der Waals surface area (Å²) in [7, 11) is -0.846. The van der Waals surface area contributed by atoms with Gasteiger partial charge in [-0.3, -0.25) is 4.79 Å². The highest BCUT2D eigenvalue weighted by Gasteiger charge is 2.28. The molecule has 0 saturated carbocycles. The zero-order valence-electron chi connectivity index (χ0n) is 11.0. The first kappa shape index (κ1) is 13.8. The molecule has 1 aromatic carbocycles. The Hall–Kier alpha value is -1.59. The first-order chi connectivity index (χ1) is 9.22. The van der Waals surface area contributed by atoms with Gasteiger partial charge < -0.3 is 14.4 Å². The second-order valence-corrected chi connectivity index (χ2v) is 4.33. The molecular formula is C14H17BO4. The minimum Gasteiger partial charge on any atom is -0.466 e. The van der Waals surface area contributed by atoms with Crippen LogP contribution >= 0.6 is 0 Å². The van der Waals surface area contributed by atoms with Crippen molar-refractivity contribution in [3.05, 3.63) is 35.4 Å². The van der Waals surface area contributed by atoms with E-state index in [-0.39, 0.29) is 5.97 Å². The third kappa shape index (κ3) is 3.46. The zero-order chi connectivity index (χ0) is 13.7. The molecular weight excluding hydrogens is 243 g/mol. The molecule has 4 nitrogen and oxygen atoms in total. The van der Waals surface area contributed by atoms with E-state index in [0.29, 0.717) is 26.1 Å². The van der Waals surface area contributed by atoms with Crippen molar-refractivity contribution >= 4 is 24.6 Å². The van der Waals surface area contributed by atoms with Crippen LogP contribution in [0.15, 0.2) is 24.3 Å². The normalized spacial score (nSPS) is 13.9. The number of benzene rings is 1. The van der Waals surface area contributed by atoms with Crippen LogP contribution in [0.3, 0.4) is 0 Å². The van der Waals surface area contributed by atoms with Crippen LogP contribution in [0.25, 0.3) is 6.08 Å². The molecule has 0 saturated heterocycles. The lowest BCUT2D eigenvalue weighted by Crippen LogP contribution is -2.30. The smallest absolute Gasteiger partial charge is 0.466 e. The Balaban J connectivity index is 1.97. The number of carbonyl (C=O) groups excluding carboxylic acids is 1. The summed E-state index contributed by atoms with van der Waals surface area (Å²) in [5, 5.41) is 9.75. The molecule has 1 heterocycles. The predicted molar refractivity (Wildman–Crippen MR) is 73.7 cm³/mol. The number of rotatable bonds is 5. The average Bonchev–Trinajstić information content (AvgIpc) is 2.78. The largest absolute Gasteiger partial charge is 0.492 e. The van der Waals surface area contributed by atoms with Crippen LogP contribution in [-0.4, -0.2) is 24.7 Å². The average molecular weight is 260 g/mol. The molecule has 19 heavy (non-hydrogen) atoms. The van der Waals surface area contributed by atoms with Gasteiger partial charge in [-0.1, -0.05) is 30.4 Å². The Morgan fingerprint density at radius 3 is 3.21 bits per heavy atom. The van der Waals surface area contributed by atoms with Gasteiger partial charge in [0.05, 0.1) is 13.2 Å². The highest BCUT2D eigenvalue weighted by Crippen LogP contribution is 2.14. The molecule has 1 N–H and O–H groups in total. The van der Waals surface area contributed by atoms with E-state index in [0.717, 1.165) is 16.6 Å². The number of ether oxygens (including phenoxy) is 1. The SMILES string of the molecule is CCOC(=O)CCC=Cc1cccc2c1B(O)OC2. The maximum absolute atomic E-state index is 11.2. The molecule has 0 atom stereocenters. The fourth-order valence-electron chi connectivity index (χ4n) is 2.10. The molecule has 0 fully saturated rings. The van der Waals surface area contributed by atoms with Crippen LogP contribution in [0.2, 0.25) is 0 Å². The van der Waals surface area contributed by atoms with Crippen LogP contribution in [0.1, 0.15) is 30.9 Å². The molecule has 2 rings (SSSR count). The Morgan fingerprint density at radius 2 is 2.42 bits per heavy atom. The van der Waals surface area contributed by atoms with E-state index in [1.165, 1.54) is 0 Å². The van der Waals surface area contributed by atoms with E-state index in [4.69, 9.17) is 9.39 Å². The standard InChI is InChI=1S/C14H17BO4/c1-2-18-13(16)9-4-3-6-11-7-5-8-12-10-19-15(17)14(11)12/h3,5-8,17H,2,4,9-10H2,1H3. The lowest BCUT2D eigenvalue weighted by atomic mass is 9.76. The molecule has 0 amide bonds. The van der Waals surface area contributed by atoms with Crippen molar-refractivity contribution in [2.75, 3.05) is 6.61 Å². The van der Waals surface area contributed by atoms with Crippen LogP contribution < -0.4 is 5.46 Å². The maximum Gasteiger partial charge on any atom is 0.492 e. The molecule has 0 bridgehead atoms. The molecule has 0 aromatic heterocycles. The third-order valence-electron chi connectivity index (χ3n) is 2.99. The van der Waals surface area contributed by atoms with Crippen molar-refractivity contribution in [3.63, 3.8) is 0 Å².